The van der Waals surface area contributed by atoms with Crippen molar-refractivity contribution in [2.75, 3.05) is 19.7 Å². The largest absolute Gasteiger partial charge is 0.464 e. The lowest BCUT2D eigenvalue weighted by Crippen LogP contribution is -2.34. The molecule has 6 atom stereocenters. The Hall–Kier alpha value is -0.460. The minimum atomic E-state index is -2.71. The molecule has 2 heterocycles. The van der Waals surface area contributed by atoms with Crippen molar-refractivity contribution in [3.05, 3.63) is 0 Å². The van der Waals surface area contributed by atoms with E-state index in [4.69, 9.17) is 4.74 Å². The van der Waals surface area contributed by atoms with Crippen LogP contribution >= 0.6 is 7.59 Å². The van der Waals surface area contributed by atoms with Crippen LogP contribution < -0.4 is 5.09 Å². The number of aliphatic hydroxyl groups excluding tert-OH is 1. The fraction of sp³-hybridized carbons (Fsp3) is 0.963. The van der Waals surface area contributed by atoms with Crippen LogP contribution in [0.25, 0.3) is 0 Å². The van der Waals surface area contributed by atoms with E-state index in [2.05, 4.69) is 25.9 Å². The summed E-state index contributed by atoms with van der Waals surface area (Å²) >= 11 is 0. The maximum atomic E-state index is 13.4. The Balaban J connectivity index is 1.40. The monoisotopic (exact) mass is 515 g/mol. The normalized spacial score (nSPS) is 26.7. The molecule has 2 rings (SSSR count). The van der Waals surface area contributed by atoms with Gasteiger partial charge in [0, 0.05) is 37.6 Å². The van der Waals surface area contributed by atoms with E-state index < -0.39 is 7.59 Å². The van der Waals surface area contributed by atoms with Crippen molar-refractivity contribution < 1.29 is 19.2 Å². The highest BCUT2D eigenvalue weighted by molar-refractivity contribution is 7.57. The average Bonchev–Trinajstić information content (AvgIpc) is 3.74. The van der Waals surface area contributed by atoms with Gasteiger partial charge in [0.1, 0.15) is 6.61 Å². The molecule has 7 nitrogen and oxygen atoms in total. The average molecular weight is 516 g/mol. The van der Waals surface area contributed by atoms with Crippen molar-refractivity contribution in [3.63, 3.8) is 0 Å². The van der Waals surface area contributed by atoms with Gasteiger partial charge in [-0.05, 0) is 40.0 Å². The zero-order chi connectivity index (χ0) is 25.7. The molecule has 2 saturated heterocycles. The quantitative estimate of drug-likeness (QED) is 0.0762. The molecule has 0 aromatic rings. The molecule has 0 aromatic carbocycles. The highest BCUT2D eigenvalue weighted by Gasteiger charge is 2.55. The molecule has 0 bridgehead atoms. The summed E-state index contributed by atoms with van der Waals surface area (Å²) in [5.74, 6) is -0.151. The van der Waals surface area contributed by atoms with Crippen molar-refractivity contribution in [1.82, 2.24) is 14.4 Å². The predicted molar refractivity (Wildman–Crippen MR) is 144 cm³/mol. The lowest BCUT2D eigenvalue weighted by atomic mass is 10.0. The Morgan fingerprint density at radius 1 is 0.914 bits per heavy atom. The predicted octanol–water partition coefficient (Wildman–Crippen LogP) is 6.26. The number of rotatable bonds is 22. The third kappa shape index (κ3) is 12.1. The number of ether oxygens (including phenoxy) is 1. The standard InChI is InChI=1S/C27H54N3O4P/c1-5-6-7-14-17-26(31)18-15-12-10-8-9-11-13-16-19-27(32)34-22-23(2)28-35(33,29-20-24(29)3)30-21-25(30)4/h23-26,31H,5-22H2,1-4H3,(H,28,33). The maximum absolute atomic E-state index is 13.4. The van der Waals surface area contributed by atoms with Crippen LogP contribution in [0, 0.1) is 0 Å². The van der Waals surface area contributed by atoms with Gasteiger partial charge in [0.25, 0.3) is 7.59 Å². The first-order chi connectivity index (χ1) is 16.8. The summed E-state index contributed by atoms with van der Waals surface area (Å²) in [6, 6.07) is 0.579. The van der Waals surface area contributed by atoms with E-state index >= 15 is 0 Å². The molecule has 0 spiro atoms. The minimum absolute atomic E-state index is 0.103. The number of carbonyl (C=O) groups is 1. The minimum Gasteiger partial charge on any atom is -0.464 e. The van der Waals surface area contributed by atoms with E-state index in [0.717, 1.165) is 58.0 Å². The first-order valence-corrected chi connectivity index (χ1v) is 16.1. The van der Waals surface area contributed by atoms with Gasteiger partial charge in [-0.25, -0.2) is 14.4 Å². The SMILES string of the molecule is CCCCCCC(O)CCCCCCCCCCC(=O)OCC(C)NP(=O)(N1CC1C)N1CC1C. The first kappa shape index (κ1) is 30.8. The molecule has 35 heavy (non-hydrogen) atoms. The van der Waals surface area contributed by atoms with Crippen molar-refractivity contribution in [1.29, 1.82) is 0 Å². The van der Waals surface area contributed by atoms with Gasteiger partial charge in [-0.15, -0.1) is 0 Å². The Morgan fingerprint density at radius 2 is 1.37 bits per heavy atom. The van der Waals surface area contributed by atoms with Gasteiger partial charge < -0.3 is 9.84 Å². The van der Waals surface area contributed by atoms with Crippen LogP contribution in [0.3, 0.4) is 0 Å². The molecule has 2 N–H and O–H groups in total. The molecule has 0 aliphatic carbocycles. The summed E-state index contributed by atoms with van der Waals surface area (Å²) < 4.78 is 23.0. The molecule has 2 fully saturated rings. The molecule has 0 radical (unpaired) electrons. The summed E-state index contributed by atoms with van der Waals surface area (Å²) in [7, 11) is -2.71. The highest BCUT2D eigenvalue weighted by Crippen LogP contribution is 2.61. The third-order valence-corrected chi connectivity index (χ3v) is 10.6. The summed E-state index contributed by atoms with van der Waals surface area (Å²) in [6.07, 6.45) is 16.4. The van der Waals surface area contributed by atoms with Gasteiger partial charge in [-0.3, -0.25) is 9.36 Å². The summed E-state index contributed by atoms with van der Waals surface area (Å²) in [5, 5.41) is 13.3. The van der Waals surface area contributed by atoms with Crippen LogP contribution in [0.1, 0.15) is 124 Å². The summed E-state index contributed by atoms with van der Waals surface area (Å²) in [5.41, 5.74) is 0. The van der Waals surface area contributed by atoms with Gasteiger partial charge in [-0.2, -0.15) is 0 Å². The second-order valence-electron chi connectivity index (χ2n) is 11.1. The topological polar surface area (TPSA) is 81.7 Å². The van der Waals surface area contributed by atoms with E-state index in [1.165, 1.54) is 44.9 Å². The fourth-order valence-corrected chi connectivity index (χ4v) is 8.00. The molecule has 0 saturated carbocycles. The molecule has 2 aliphatic rings. The maximum Gasteiger partial charge on any atom is 0.305 e. The third-order valence-electron chi connectivity index (χ3n) is 7.29. The van der Waals surface area contributed by atoms with Crippen molar-refractivity contribution in [2.24, 2.45) is 0 Å². The van der Waals surface area contributed by atoms with E-state index in [0.29, 0.717) is 18.5 Å². The van der Waals surface area contributed by atoms with Gasteiger partial charge in [0.2, 0.25) is 0 Å². The number of hydrogen-bond acceptors (Lipinski definition) is 4. The molecule has 8 heteroatoms. The number of aliphatic hydroxyl groups is 1. The Labute approximate surface area is 215 Å². The number of carbonyl (C=O) groups excluding carboxylic acids is 1. The van der Waals surface area contributed by atoms with Crippen LogP contribution in [0.15, 0.2) is 0 Å². The smallest absolute Gasteiger partial charge is 0.305 e. The molecule has 0 aromatic heterocycles. The summed E-state index contributed by atoms with van der Waals surface area (Å²) in [4.78, 5) is 12.1. The van der Waals surface area contributed by atoms with Gasteiger partial charge >= 0.3 is 5.97 Å². The zero-order valence-electron chi connectivity index (χ0n) is 23.1. The Morgan fingerprint density at radius 3 is 1.86 bits per heavy atom. The molecule has 0 amide bonds. The Kier molecular flexibility index (Phi) is 14.4. The second kappa shape index (κ2) is 16.4. The molecular formula is C27H54N3O4P. The van der Waals surface area contributed by atoms with Crippen molar-refractivity contribution in [2.45, 2.75) is 148 Å². The van der Waals surface area contributed by atoms with E-state index in [9.17, 15) is 14.5 Å². The molecule has 2 aliphatic heterocycles. The highest BCUT2D eigenvalue weighted by atomic mass is 31.2. The van der Waals surface area contributed by atoms with E-state index in [1.54, 1.807) is 0 Å². The number of nitrogens with one attached hydrogen (secondary N) is 1. The second-order valence-corrected chi connectivity index (χ2v) is 13.4. The fourth-order valence-electron chi connectivity index (χ4n) is 4.77. The van der Waals surface area contributed by atoms with Crippen molar-refractivity contribution in [3.8, 4) is 0 Å². The van der Waals surface area contributed by atoms with Crippen LogP contribution in [0.4, 0.5) is 0 Å². The lowest BCUT2D eigenvalue weighted by Gasteiger charge is -2.26. The summed E-state index contributed by atoms with van der Waals surface area (Å²) in [6.45, 7) is 10.3. The van der Waals surface area contributed by atoms with Crippen molar-refractivity contribution >= 4 is 13.6 Å². The Bertz CT molecular complexity index is 630. The van der Waals surface area contributed by atoms with Crippen LogP contribution in [0.5, 0.6) is 0 Å². The number of esters is 1. The lowest BCUT2D eigenvalue weighted by molar-refractivity contribution is -0.144. The van der Waals surface area contributed by atoms with E-state index in [-0.39, 0.29) is 24.7 Å². The first-order valence-electron chi connectivity index (χ1n) is 14.5. The van der Waals surface area contributed by atoms with Crippen LogP contribution in [0.2, 0.25) is 0 Å². The molecular weight excluding hydrogens is 461 g/mol. The number of hydrogen-bond donors (Lipinski definition) is 2. The van der Waals surface area contributed by atoms with E-state index in [1.807, 2.05) is 16.3 Å². The van der Waals surface area contributed by atoms with Gasteiger partial charge in [-0.1, -0.05) is 77.6 Å². The van der Waals surface area contributed by atoms with Gasteiger partial charge in [0.15, 0.2) is 0 Å². The van der Waals surface area contributed by atoms with Crippen LogP contribution in [-0.2, 0) is 14.1 Å². The van der Waals surface area contributed by atoms with Gasteiger partial charge in [0.05, 0.1) is 6.10 Å². The molecule has 206 valence electrons. The van der Waals surface area contributed by atoms with Crippen LogP contribution in [-0.4, -0.2) is 64.3 Å². The molecule has 6 unspecified atom stereocenters. The zero-order valence-corrected chi connectivity index (χ0v) is 23.9. The number of nitrogens with zero attached hydrogens (tertiary/aromatic N) is 2. The number of unbranched alkanes of at least 4 members (excludes halogenated alkanes) is 10.